The fraction of sp³-hybridized carbons (Fsp3) is 0.500. The van der Waals surface area contributed by atoms with Gasteiger partial charge >= 0.3 is 0 Å². The molecule has 0 unspecified atom stereocenters. The van der Waals surface area contributed by atoms with Crippen molar-refractivity contribution < 1.29 is 8.42 Å². The molecule has 0 spiro atoms. The molecule has 1 fully saturated rings. The number of hydrogen-bond acceptors (Lipinski definition) is 3. The summed E-state index contributed by atoms with van der Waals surface area (Å²) in [7, 11) is -3.44. The van der Waals surface area contributed by atoms with Gasteiger partial charge < -0.3 is 5.32 Å². The smallest absolute Gasteiger partial charge is 0.241 e. The number of hydrogen-bond donors (Lipinski definition) is 2. The molecule has 0 radical (unpaired) electrons. The van der Waals surface area contributed by atoms with Crippen molar-refractivity contribution in [2.45, 2.75) is 30.7 Å². The van der Waals surface area contributed by atoms with Crippen molar-refractivity contribution in [1.29, 1.82) is 0 Å². The molecule has 1 aromatic rings. The standard InChI is InChI=1S/C12H17BrN2O2S.ClH/c1-9-4-5-12(11(13)7-9)18(16,17)15-10-3-2-6-14-8-10;/h4-5,7,10,14-15H,2-3,6,8H2,1H3;1H/t10-;/m1./s1. The summed E-state index contributed by atoms with van der Waals surface area (Å²) in [6, 6.07) is 5.24. The third-order valence-corrected chi connectivity index (χ3v) is 5.49. The molecule has 7 heteroatoms. The summed E-state index contributed by atoms with van der Waals surface area (Å²) in [5.41, 5.74) is 1.03. The van der Waals surface area contributed by atoms with E-state index in [-0.39, 0.29) is 18.4 Å². The van der Waals surface area contributed by atoms with E-state index in [1.54, 1.807) is 12.1 Å². The van der Waals surface area contributed by atoms with Crippen LogP contribution in [-0.2, 0) is 10.0 Å². The van der Waals surface area contributed by atoms with Crippen molar-refractivity contribution in [2.75, 3.05) is 13.1 Å². The van der Waals surface area contributed by atoms with Crippen molar-refractivity contribution in [3.05, 3.63) is 28.2 Å². The van der Waals surface area contributed by atoms with Crippen molar-refractivity contribution in [3.8, 4) is 0 Å². The molecule has 0 aromatic heterocycles. The molecule has 0 aliphatic carbocycles. The second kappa shape index (κ2) is 7.04. The zero-order valence-corrected chi connectivity index (χ0v) is 13.9. The van der Waals surface area contributed by atoms with Gasteiger partial charge in [-0.25, -0.2) is 13.1 Å². The average Bonchev–Trinajstić information content (AvgIpc) is 2.29. The first-order chi connectivity index (χ1) is 8.49. The summed E-state index contributed by atoms with van der Waals surface area (Å²) in [4.78, 5) is 0.304. The van der Waals surface area contributed by atoms with E-state index in [1.165, 1.54) is 0 Å². The summed E-state index contributed by atoms with van der Waals surface area (Å²) in [5.74, 6) is 0. The Morgan fingerprint density at radius 3 is 2.74 bits per heavy atom. The lowest BCUT2D eigenvalue weighted by Crippen LogP contribution is -2.45. The van der Waals surface area contributed by atoms with Crippen molar-refractivity contribution >= 4 is 38.4 Å². The number of nitrogens with one attached hydrogen (secondary N) is 2. The van der Waals surface area contributed by atoms with Crippen LogP contribution in [0.3, 0.4) is 0 Å². The van der Waals surface area contributed by atoms with Gasteiger partial charge in [0, 0.05) is 17.1 Å². The summed E-state index contributed by atoms with van der Waals surface area (Å²) in [6.07, 6.45) is 1.89. The first kappa shape index (κ1) is 16.9. The van der Waals surface area contributed by atoms with Crippen molar-refractivity contribution in [3.63, 3.8) is 0 Å². The van der Waals surface area contributed by atoms with Crippen LogP contribution in [0.4, 0.5) is 0 Å². The third kappa shape index (κ3) is 4.43. The molecule has 1 aliphatic rings. The second-order valence-electron chi connectivity index (χ2n) is 4.60. The van der Waals surface area contributed by atoms with Gasteiger partial charge in [-0.1, -0.05) is 6.07 Å². The molecule has 1 aromatic carbocycles. The number of benzene rings is 1. The molecule has 0 bridgehead atoms. The molecule has 19 heavy (non-hydrogen) atoms. The van der Waals surface area contributed by atoms with Crippen LogP contribution in [0.1, 0.15) is 18.4 Å². The summed E-state index contributed by atoms with van der Waals surface area (Å²) in [6.45, 7) is 3.59. The van der Waals surface area contributed by atoms with Gasteiger partial charge in [-0.3, -0.25) is 0 Å². The average molecular weight is 370 g/mol. The van der Waals surface area contributed by atoms with Crippen molar-refractivity contribution in [2.24, 2.45) is 0 Å². The first-order valence-corrected chi connectivity index (χ1v) is 8.26. The summed E-state index contributed by atoms with van der Waals surface area (Å²) < 4.78 is 27.9. The molecule has 1 heterocycles. The first-order valence-electron chi connectivity index (χ1n) is 5.98. The van der Waals surface area contributed by atoms with Gasteiger partial charge in [0.2, 0.25) is 10.0 Å². The highest BCUT2D eigenvalue weighted by Crippen LogP contribution is 2.23. The minimum Gasteiger partial charge on any atom is -0.315 e. The van der Waals surface area contributed by atoms with Crippen LogP contribution in [0.5, 0.6) is 0 Å². The lowest BCUT2D eigenvalue weighted by Gasteiger charge is -2.23. The van der Waals surface area contributed by atoms with Crippen LogP contribution in [0.15, 0.2) is 27.6 Å². The third-order valence-electron chi connectivity index (χ3n) is 3.00. The minimum atomic E-state index is -3.44. The highest BCUT2D eigenvalue weighted by atomic mass is 79.9. The fourth-order valence-electron chi connectivity index (χ4n) is 2.06. The number of sulfonamides is 1. The lowest BCUT2D eigenvalue weighted by atomic mass is 10.1. The molecule has 1 atom stereocenters. The highest BCUT2D eigenvalue weighted by molar-refractivity contribution is 9.10. The van der Waals surface area contributed by atoms with E-state index in [0.29, 0.717) is 15.9 Å². The molecule has 2 rings (SSSR count). The van der Waals surface area contributed by atoms with Crippen molar-refractivity contribution in [1.82, 2.24) is 10.0 Å². The predicted octanol–water partition coefficient (Wildman–Crippen LogP) is 2.21. The predicted molar refractivity (Wildman–Crippen MR) is 82.3 cm³/mol. The van der Waals surface area contributed by atoms with E-state index in [1.807, 2.05) is 13.0 Å². The topological polar surface area (TPSA) is 58.2 Å². The van der Waals surface area contributed by atoms with Crippen LogP contribution in [0.2, 0.25) is 0 Å². The molecular formula is C12H18BrClN2O2S. The van der Waals surface area contributed by atoms with Gasteiger partial charge in [-0.2, -0.15) is 0 Å². The van der Waals surface area contributed by atoms with Crippen LogP contribution in [0, 0.1) is 6.92 Å². The zero-order chi connectivity index (χ0) is 13.2. The summed E-state index contributed by atoms with van der Waals surface area (Å²) in [5, 5.41) is 3.19. The van der Waals surface area contributed by atoms with Gasteiger partial charge in [0.05, 0.1) is 4.90 Å². The Labute approximate surface area is 128 Å². The molecule has 4 nitrogen and oxygen atoms in total. The molecule has 0 amide bonds. The van der Waals surface area contributed by atoms with Gasteiger partial charge in [0.1, 0.15) is 0 Å². The molecule has 1 aliphatic heterocycles. The Bertz CT molecular complexity index is 531. The Balaban J connectivity index is 0.00000180. The van der Waals surface area contributed by atoms with E-state index in [4.69, 9.17) is 0 Å². The highest BCUT2D eigenvalue weighted by Gasteiger charge is 2.23. The maximum atomic E-state index is 12.3. The maximum Gasteiger partial charge on any atom is 0.241 e. The Morgan fingerprint density at radius 1 is 1.42 bits per heavy atom. The number of halogens is 2. The molecule has 1 saturated heterocycles. The van der Waals surface area contributed by atoms with Crippen LogP contribution < -0.4 is 10.0 Å². The Hall–Kier alpha value is -0.140. The second-order valence-corrected chi connectivity index (χ2v) is 7.14. The zero-order valence-electron chi connectivity index (χ0n) is 10.6. The van der Waals surface area contributed by atoms with Crippen LogP contribution in [-0.4, -0.2) is 27.5 Å². The fourth-order valence-corrected chi connectivity index (χ4v) is 4.52. The Kier molecular flexibility index (Phi) is 6.26. The van der Waals surface area contributed by atoms with Crippen LogP contribution >= 0.6 is 28.3 Å². The lowest BCUT2D eigenvalue weighted by molar-refractivity contribution is 0.428. The molecular weight excluding hydrogens is 352 g/mol. The van der Waals surface area contributed by atoms with E-state index < -0.39 is 10.0 Å². The number of aryl methyl sites for hydroxylation is 1. The molecule has 0 saturated carbocycles. The Morgan fingerprint density at radius 2 is 2.16 bits per heavy atom. The molecule has 108 valence electrons. The SMILES string of the molecule is Cc1ccc(S(=O)(=O)N[C@@H]2CCCNC2)c(Br)c1.Cl. The maximum absolute atomic E-state index is 12.3. The van der Waals surface area contributed by atoms with Gasteiger partial charge in [0.25, 0.3) is 0 Å². The van der Waals surface area contributed by atoms with E-state index >= 15 is 0 Å². The van der Waals surface area contributed by atoms with E-state index in [2.05, 4.69) is 26.0 Å². The van der Waals surface area contributed by atoms with E-state index in [9.17, 15) is 8.42 Å². The summed E-state index contributed by atoms with van der Waals surface area (Å²) >= 11 is 3.31. The quantitative estimate of drug-likeness (QED) is 0.859. The van der Waals surface area contributed by atoms with Gasteiger partial charge in [-0.05, 0) is 59.9 Å². The molecule has 2 N–H and O–H groups in total. The largest absolute Gasteiger partial charge is 0.315 e. The number of rotatable bonds is 3. The minimum absolute atomic E-state index is 0. The number of piperidine rings is 1. The monoisotopic (exact) mass is 368 g/mol. The normalized spacial score (nSPS) is 19.8. The van der Waals surface area contributed by atoms with Gasteiger partial charge in [0.15, 0.2) is 0 Å². The van der Waals surface area contributed by atoms with E-state index in [0.717, 1.165) is 24.9 Å². The van der Waals surface area contributed by atoms with Gasteiger partial charge in [-0.15, -0.1) is 12.4 Å². The van der Waals surface area contributed by atoms with Crippen LogP contribution in [0.25, 0.3) is 0 Å².